The fourth-order valence-corrected chi connectivity index (χ4v) is 6.46. The molecule has 4 aromatic rings. The number of benzene rings is 2. The first-order valence-corrected chi connectivity index (χ1v) is 13.9. The van der Waals surface area contributed by atoms with Gasteiger partial charge in [-0.1, -0.05) is 11.3 Å². The zero-order chi connectivity index (χ0) is 27.5. The number of nitrogens with one attached hydrogen (secondary N) is 1. The van der Waals surface area contributed by atoms with E-state index in [1.807, 2.05) is 23.1 Å². The van der Waals surface area contributed by atoms with Gasteiger partial charge in [0.1, 0.15) is 11.4 Å². The second-order valence-corrected chi connectivity index (χ2v) is 10.7. The van der Waals surface area contributed by atoms with Crippen molar-refractivity contribution in [1.82, 2.24) is 14.9 Å². The Morgan fingerprint density at radius 3 is 2.41 bits per heavy atom. The minimum atomic E-state index is -0.295. The molecule has 3 heterocycles. The Labute approximate surface area is 233 Å². The lowest BCUT2D eigenvalue weighted by atomic mass is 9.97. The molecule has 2 aromatic heterocycles. The van der Waals surface area contributed by atoms with E-state index in [4.69, 9.17) is 18.9 Å². The third-order valence-corrected chi connectivity index (χ3v) is 8.58. The summed E-state index contributed by atoms with van der Waals surface area (Å²) in [5.74, 6) is 1.73. The predicted octanol–water partition coefficient (Wildman–Crippen LogP) is 5.06. The number of aromatic nitrogens is 2. The van der Waals surface area contributed by atoms with Gasteiger partial charge in [-0.25, -0.2) is 9.97 Å². The molecule has 1 aliphatic heterocycles. The molecule has 2 aromatic carbocycles. The summed E-state index contributed by atoms with van der Waals surface area (Å²) in [7, 11) is 6.17. The van der Waals surface area contributed by atoms with E-state index in [-0.39, 0.29) is 17.7 Å². The number of amides is 2. The Balaban J connectivity index is 1.22. The molecule has 0 unspecified atom stereocenters. The van der Waals surface area contributed by atoms with Crippen molar-refractivity contribution in [1.29, 1.82) is 0 Å². The van der Waals surface area contributed by atoms with Crippen LogP contribution in [0.1, 0.15) is 44.6 Å². The fourth-order valence-electron chi connectivity index (χ4n) is 4.60. The lowest BCUT2D eigenvalue weighted by Crippen LogP contribution is -2.38. The molecular weight excluding hydrogens is 540 g/mol. The summed E-state index contributed by atoms with van der Waals surface area (Å²) >= 11 is 2.85. The smallest absolute Gasteiger partial charge is 0.276 e. The molecule has 0 aliphatic carbocycles. The van der Waals surface area contributed by atoms with Gasteiger partial charge in [0, 0.05) is 24.4 Å². The van der Waals surface area contributed by atoms with Crippen LogP contribution in [-0.2, 0) is 0 Å². The van der Waals surface area contributed by atoms with Crippen LogP contribution in [0.5, 0.6) is 23.0 Å². The van der Waals surface area contributed by atoms with Crippen molar-refractivity contribution in [2.24, 2.45) is 0 Å². The van der Waals surface area contributed by atoms with E-state index < -0.39 is 0 Å². The molecule has 5 rings (SSSR count). The Kier molecular flexibility index (Phi) is 7.84. The quantitative estimate of drug-likeness (QED) is 0.314. The summed E-state index contributed by atoms with van der Waals surface area (Å²) in [5.41, 5.74) is 1.58. The molecule has 1 saturated heterocycles. The molecule has 39 heavy (non-hydrogen) atoms. The number of rotatable bonds is 8. The molecule has 0 spiro atoms. The molecule has 0 saturated carbocycles. The highest BCUT2D eigenvalue weighted by molar-refractivity contribution is 7.22. The Morgan fingerprint density at radius 2 is 1.72 bits per heavy atom. The number of methoxy groups -OCH3 is 4. The third-order valence-electron chi connectivity index (χ3n) is 6.64. The molecule has 2 amide bonds. The number of carbonyl (C=O) groups excluding carboxylic acids is 2. The first kappa shape index (κ1) is 26.7. The molecule has 204 valence electrons. The normalized spacial score (nSPS) is 13.8. The molecule has 1 N–H and O–H groups in total. The van der Waals surface area contributed by atoms with Crippen molar-refractivity contribution in [2.75, 3.05) is 46.8 Å². The molecular formula is C27H28N4O6S2. The average Bonchev–Trinajstić information content (AvgIpc) is 3.62. The molecule has 12 heteroatoms. The van der Waals surface area contributed by atoms with Gasteiger partial charge in [0.15, 0.2) is 16.6 Å². The number of carbonyl (C=O) groups is 2. The SMILES string of the molecule is COc1ccc2nc(NC(=O)c3csc(C4CCN(C(=O)c5ccc(OC)c(OC)c5OC)CC4)n3)sc2c1. The van der Waals surface area contributed by atoms with Gasteiger partial charge in [0.05, 0.1) is 49.2 Å². The topological polar surface area (TPSA) is 112 Å². The van der Waals surface area contributed by atoms with E-state index in [1.165, 1.54) is 44.0 Å². The van der Waals surface area contributed by atoms with Crippen molar-refractivity contribution in [3.8, 4) is 23.0 Å². The summed E-state index contributed by atoms with van der Waals surface area (Å²) < 4.78 is 22.4. The molecule has 0 bridgehead atoms. The summed E-state index contributed by atoms with van der Waals surface area (Å²) in [4.78, 5) is 37.1. The second kappa shape index (κ2) is 11.5. The van der Waals surface area contributed by atoms with E-state index in [0.29, 0.717) is 46.7 Å². The minimum Gasteiger partial charge on any atom is -0.497 e. The van der Waals surface area contributed by atoms with Crippen LogP contribution in [0.25, 0.3) is 10.2 Å². The average molecular weight is 569 g/mol. The van der Waals surface area contributed by atoms with Crippen molar-refractivity contribution < 1.29 is 28.5 Å². The van der Waals surface area contributed by atoms with E-state index >= 15 is 0 Å². The highest BCUT2D eigenvalue weighted by Gasteiger charge is 2.30. The van der Waals surface area contributed by atoms with Crippen molar-refractivity contribution >= 4 is 49.8 Å². The zero-order valence-corrected chi connectivity index (χ0v) is 23.6. The van der Waals surface area contributed by atoms with E-state index in [1.54, 1.807) is 24.6 Å². The van der Waals surface area contributed by atoms with Crippen molar-refractivity contribution in [2.45, 2.75) is 18.8 Å². The number of thiazole rings is 2. The largest absolute Gasteiger partial charge is 0.497 e. The Hall–Kier alpha value is -3.90. The Bertz CT molecular complexity index is 1510. The fraction of sp³-hybridized carbons (Fsp3) is 0.333. The molecule has 1 fully saturated rings. The highest BCUT2D eigenvalue weighted by Crippen LogP contribution is 2.41. The van der Waals surface area contributed by atoms with Gasteiger partial charge in [-0.05, 0) is 43.2 Å². The lowest BCUT2D eigenvalue weighted by Gasteiger charge is -2.31. The van der Waals surface area contributed by atoms with E-state index in [2.05, 4.69) is 15.3 Å². The van der Waals surface area contributed by atoms with Crippen molar-refractivity contribution in [3.05, 3.63) is 52.0 Å². The number of likely N-dealkylation sites (tertiary alicyclic amines) is 1. The van der Waals surface area contributed by atoms with Crippen LogP contribution in [0, 0.1) is 0 Å². The molecule has 10 nitrogen and oxygen atoms in total. The number of hydrogen-bond donors (Lipinski definition) is 1. The van der Waals surface area contributed by atoms with Crippen molar-refractivity contribution in [3.63, 3.8) is 0 Å². The van der Waals surface area contributed by atoms with Crippen LogP contribution in [0.4, 0.5) is 5.13 Å². The summed E-state index contributed by atoms with van der Waals surface area (Å²) in [6.45, 7) is 1.13. The molecule has 0 radical (unpaired) electrons. The van der Waals surface area contributed by atoms with Gasteiger partial charge in [0.2, 0.25) is 5.75 Å². The maximum absolute atomic E-state index is 13.3. The number of fused-ring (bicyclic) bond motifs is 1. The highest BCUT2D eigenvalue weighted by atomic mass is 32.1. The van der Waals surface area contributed by atoms with Gasteiger partial charge in [-0.15, -0.1) is 11.3 Å². The van der Waals surface area contributed by atoms with Gasteiger partial charge in [-0.3, -0.25) is 14.9 Å². The van der Waals surface area contributed by atoms with Gasteiger partial charge in [-0.2, -0.15) is 0 Å². The van der Waals surface area contributed by atoms with Gasteiger partial charge >= 0.3 is 0 Å². The van der Waals surface area contributed by atoms with E-state index in [0.717, 1.165) is 33.8 Å². The third kappa shape index (κ3) is 5.34. The summed E-state index contributed by atoms with van der Waals surface area (Å²) in [5, 5.41) is 6.03. The van der Waals surface area contributed by atoms with Crippen LogP contribution in [-0.4, -0.2) is 68.2 Å². The first-order valence-electron chi connectivity index (χ1n) is 12.2. The maximum Gasteiger partial charge on any atom is 0.276 e. The van der Waals surface area contributed by atoms with Gasteiger partial charge < -0.3 is 23.8 Å². The van der Waals surface area contributed by atoms with Crippen LogP contribution < -0.4 is 24.3 Å². The zero-order valence-electron chi connectivity index (χ0n) is 22.0. The number of anilines is 1. The maximum atomic E-state index is 13.3. The Morgan fingerprint density at radius 1 is 0.949 bits per heavy atom. The van der Waals surface area contributed by atoms with Crippen LogP contribution in [0.2, 0.25) is 0 Å². The molecule has 1 aliphatic rings. The summed E-state index contributed by atoms with van der Waals surface area (Å²) in [6, 6.07) is 8.99. The second-order valence-electron chi connectivity index (χ2n) is 8.83. The first-order chi connectivity index (χ1) is 18.9. The van der Waals surface area contributed by atoms with Crippen LogP contribution in [0.15, 0.2) is 35.7 Å². The summed E-state index contributed by atoms with van der Waals surface area (Å²) in [6.07, 6.45) is 1.49. The van der Waals surface area contributed by atoms with Crippen LogP contribution >= 0.6 is 22.7 Å². The van der Waals surface area contributed by atoms with E-state index in [9.17, 15) is 9.59 Å². The predicted molar refractivity (Wildman–Crippen MR) is 150 cm³/mol. The number of nitrogens with zero attached hydrogens (tertiary/aromatic N) is 3. The minimum absolute atomic E-state index is 0.126. The standard InChI is InChI=1S/C27H28N4O6S2/c1-34-16-5-7-18-21(13-16)39-27(29-18)30-24(32)19-14-38-25(28-19)15-9-11-31(12-10-15)26(33)17-6-8-20(35-2)23(37-4)22(17)36-3/h5-8,13-15H,9-12H2,1-4H3,(H,29,30,32). The number of hydrogen-bond acceptors (Lipinski definition) is 10. The number of piperidine rings is 1. The van der Waals surface area contributed by atoms with Crippen LogP contribution in [0.3, 0.4) is 0 Å². The molecule has 0 atom stereocenters. The lowest BCUT2D eigenvalue weighted by molar-refractivity contribution is 0.0708. The monoisotopic (exact) mass is 568 g/mol. The van der Waals surface area contributed by atoms with Gasteiger partial charge in [0.25, 0.3) is 11.8 Å². The number of ether oxygens (including phenoxy) is 4.